The Labute approximate surface area is 121 Å². The second-order valence-electron chi connectivity index (χ2n) is 6.89. The molecule has 2 aliphatic carbocycles. The van der Waals surface area contributed by atoms with E-state index in [2.05, 4.69) is 5.32 Å². The molecule has 20 heavy (non-hydrogen) atoms. The van der Waals surface area contributed by atoms with Crippen molar-refractivity contribution in [3.05, 3.63) is 0 Å². The smallest absolute Gasteiger partial charge is 0.222 e. The summed E-state index contributed by atoms with van der Waals surface area (Å²) in [6, 6.07) is 0.448. The third-order valence-electron chi connectivity index (χ3n) is 4.99. The van der Waals surface area contributed by atoms with Gasteiger partial charge in [0, 0.05) is 32.0 Å². The van der Waals surface area contributed by atoms with Crippen molar-refractivity contribution in [2.45, 2.75) is 63.8 Å². The Hall–Kier alpha value is -1.06. The Morgan fingerprint density at radius 3 is 2.40 bits per heavy atom. The molecule has 4 nitrogen and oxygen atoms in total. The van der Waals surface area contributed by atoms with Crippen molar-refractivity contribution in [2.24, 2.45) is 11.8 Å². The zero-order valence-electron chi connectivity index (χ0n) is 12.3. The molecule has 1 heterocycles. The highest BCUT2D eigenvalue weighted by Crippen LogP contribution is 2.29. The highest BCUT2D eigenvalue weighted by Gasteiger charge is 2.31. The molecule has 2 amide bonds. The van der Waals surface area contributed by atoms with E-state index in [9.17, 15) is 9.59 Å². The molecule has 3 aliphatic rings. The van der Waals surface area contributed by atoms with Gasteiger partial charge >= 0.3 is 0 Å². The summed E-state index contributed by atoms with van der Waals surface area (Å²) >= 11 is 0. The number of hydrogen-bond donors (Lipinski definition) is 1. The first-order valence-corrected chi connectivity index (χ1v) is 8.28. The van der Waals surface area contributed by atoms with Crippen LogP contribution in [0.25, 0.3) is 0 Å². The lowest BCUT2D eigenvalue weighted by molar-refractivity contribution is -0.131. The van der Waals surface area contributed by atoms with Gasteiger partial charge in [0.05, 0.1) is 0 Å². The third kappa shape index (κ3) is 3.74. The lowest BCUT2D eigenvalue weighted by atomic mass is 10.0. The van der Waals surface area contributed by atoms with Crippen LogP contribution in [0, 0.1) is 11.8 Å². The Balaban J connectivity index is 1.39. The van der Waals surface area contributed by atoms with Crippen LogP contribution >= 0.6 is 0 Å². The molecule has 0 radical (unpaired) electrons. The minimum absolute atomic E-state index is 0.183. The van der Waals surface area contributed by atoms with E-state index >= 15 is 0 Å². The molecule has 1 atom stereocenters. The summed E-state index contributed by atoms with van der Waals surface area (Å²) in [4.78, 5) is 26.0. The van der Waals surface area contributed by atoms with Crippen molar-refractivity contribution in [1.29, 1.82) is 0 Å². The predicted molar refractivity (Wildman–Crippen MR) is 77.0 cm³/mol. The molecule has 1 saturated heterocycles. The van der Waals surface area contributed by atoms with Gasteiger partial charge in [0.25, 0.3) is 0 Å². The SMILES string of the molecule is O=C(CC1CCN(C(=O)CC2CCCC2)C1)NC1CC1. The minimum atomic E-state index is 0.183. The number of nitrogens with zero attached hydrogens (tertiary/aromatic N) is 1. The summed E-state index contributed by atoms with van der Waals surface area (Å²) in [6.45, 7) is 1.65. The highest BCUT2D eigenvalue weighted by molar-refractivity contribution is 5.78. The second-order valence-corrected chi connectivity index (χ2v) is 6.89. The number of hydrogen-bond acceptors (Lipinski definition) is 2. The van der Waals surface area contributed by atoms with Crippen LogP contribution in [-0.4, -0.2) is 35.8 Å². The largest absolute Gasteiger partial charge is 0.353 e. The quantitative estimate of drug-likeness (QED) is 0.837. The zero-order chi connectivity index (χ0) is 13.9. The van der Waals surface area contributed by atoms with Crippen LogP contribution in [0.1, 0.15) is 57.8 Å². The molecular weight excluding hydrogens is 252 g/mol. The number of carbonyl (C=O) groups excluding carboxylic acids is 2. The van der Waals surface area contributed by atoms with E-state index in [0.29, 0.717) is 30.2 Å². The summed E-state index contributed by atoms with van der Waals surface area (Å²) in [6.07, 6.45) is 9.66. The van der Waals surface area contributed by atoms with Crippen molar-refractivity contribution in [3.63, 3.8) is 0 Å². The van der Waals surface area contributed by atoms with E-state index < -0.39 is 0 Å². The van der Waals surface area contributed by atoms with Crippen LogP contribution in [0.15, 0.2) is 0 Å². The molecule has 0 spiro atoms. The maximum absolute atomic E-state index is 12.2. The topological polar surface area (TPSA) is 49.4 Å². The molecule has 1 N–H and O–H groups in total. The van der Waals surface area contributed by atoms with Gasteiger partial charge in [-0.05, 0) is 43.9 Å². The maximum Gasteiger partial charge on any atom is 0.222 e. The number of amides is 2. The molecule has 2 saturated carbocycles. The Bertz CT molecular complexity index is 373. The molecule has 0 bridgehead atoms. The molecule has 112 valence electrons. The Morgan fingerprint density at radius 1 is 0.950 bits per heavy atom. The van der Waals surface area contributed by atoms with E-state index in [1.807, 2.05) is 4.90 Å². The van der Waals surface area contributed by atoms with Crippen molar-refractivity contribution in [1.82, 2.24) is 10.2 Å². The summed E-state index contributed by atoms with van der Waals surface area (Å²) in [5.41, 5.74) is 0. The van der Waals surface area contributed by atoms with Crippen LogP contribution in [0.2, 0.25) is 0 Å². The standard InChI is InChI=1S/C16H26N2O2/c19-15(17-14-5-6-14)9-13-7-8-18(11-13)16(20)10-12-3-1-2-4-12/h12-14H,1-11H2,(H,17,19). The molecule has 3 fully saturated rings. The van der Waals surface area contributed by atoms with Gasteiger partial charge in [-0.3, -0.25) is 9.59 Å². The first-order valence-electron chi connectivity index (χ1n) is 8.28. The van der Waals surface area contributed by atoms with Gasteiger partial charge in [0.2, 0.25) is 11.8 Å². The summed E-state index contributed by atoms with van der Waals surface area (Å²) in [5.74, 6) is 1.51. The number of carbonyl (C=O) groups is 2. The van der Waals surface area contributed by atoms with E-state index in [1.165, 1.54) is 25.7 Å². The van der Waals surface area contributed by atoms with Gasteiger partial charge in [0.1, 0.15) is 0 Å². The van der Waals surface area contributed by atoms with Crippen LogP contribution in [-0.2, 0) is 9.59 Å². The lowest BCUT2D eigenvalue weighted by Crippen LogP contribution is -2.31. The predicted octanol–water partition coefficient (Wildman–Crippen LogP) is 2.08. The van der Waals surface area contributed by atoms with E-state index in [4.69, 9.17) is 0 Å². The fourth-order valence-electron chi connectivity index (χ4n) is 3.59. The zero-order valence-corrected chi connectivity index (χ0v) is 12.3. The molecule has 3 rings (SSSR count). The highest BCUT2D eigenvalue weighted by atomic mass is 16.2. The van der Waals surface area contributed by atoms with Gasteiger partial charge in [-0.25, -0.2) is 0 Å². The van der Waals surface area contributed by atoms with Gasteiger partial charge in [-0.1, -0.05) is 12.8 Å². The number of nitrogens with one attached hydrogen (secondary N) is 1. The fourth-order valence-corrected chi connectivity index (χ4v) is 3.59. The molecule has 4 heteroatoms. The van der Waals surface area contributed by atoms with E-state index in [0.717, 1.165) is 38.8 Å². The third-order valence-corrected chi connectivity index (χ3v) is 4.99. The summed E-state index contributed by atoms with van der Waals surface area (Å²) < 4.78 is 0. The average molecular weight is 278 g/mol. The lowest BCUT2D eigenvalue weighted by Gasteiger charge is -2.18. The fraction of sp³-hybridized carbons (Fsp3) is 0.875. The van der Waals surface area contributed by atoms with Crippen LogP contribution in [0.3, 0.4) is 0 Å². The first-order chi connectivity index (χ1) is 9.70. The number of likely N-dealkylation sites (tertiary alicyclic amines) is 1. The first kappa shape index (κ1) is 13.9. The summed E-state index contributed by atoms with van der Waals surface area (Å²) in [5, 5.41) is 3.04. The molecule has 1 unspecified atom stereocenters. The van der Waals surface area contributed by atoms with Crippen LogP contribution in [0.5, 0.6) is 0 Å². The maximum atomic E-state index is 12.2. The van der Waals surface area contributed by atoms with Crippen LogP contribution < -0.4 is 5.32 Å². The monoisotopic (exact) mass is 278 g/mol. The van der Waals surface area contributed by atoms with E-state index in [1.54, 1.807) is 0 Å². The number of rotatable bonds is 5. The second kappa shape index (κ2) is 6.15. The van der Waals surface area contributed by atoms with Crippen molar-refractivity contribution in [3.8, 4) is 0 Å². The van der Waals surface area contributed by atoms with Gasteiger partial charge < -0.3 is 10.2 Å². The Kier molecular flexibility index (Phi) is 4.27. The van der Waals surface area contributed by atoms with Gasteiger partial charge in [-0.2, -0.15) is 0 Å². The van der Waals surface area contributed by atoms with Crippen molar-refractivity contribution >= 4 is 11.8 Å². The van der Waals surface area contributed by atoms with Gasteiger partial charge in [-0.15, -0.1) is 0 Å². The summed E-state index contributed by atoms with van der Waals surface area (Å²) in [7, 11) is 0. The normalized spacial score (nSPS) is 27.0. The average Bonchev–Trinajstić information content (AvgIpc) is 2.91. The van der Waals surface area contributed by atoms with Gasteiger partial charge in [0.15, 0.2) is 0 Å². The van der Waals surface area contributed by atoms with Crippen molar-refractivity contribution in [2.75, 3.05) is 13.1 Å². The molecule has 0 aromatic carbocycles. The molecule has 0 aromatic rings. The molecule has 1 aliphatic heterocycles. The van der Waals surface area contributed by atoms with Crippen LogP contribution in [0.4, 0.5) is 0 Å². The Morgan fingerprint density at radius 2 is 1.70 bits per heavy atom. The van der Waals surface area contributed by atoms with Crippen molar-refractivity contribution < 1.29 is 9.59 Å². The minimum Gasteiger partial charge on any atom is -0.353 e. The molecule has 0 aromatic heterocycles. The van der Waals surface area contributed by atoms with E-state index in [-0.39, 0.29) is 5.91 Å². The molecular formula is C16H26N2O2.